The quantitative estimate of drug-likeness (QED) is 0.562. The minimum absolute atomic E-state index is 0.126. The van der Waals surface area contributed by atoms with Crippen LogP contribution in [0.3, 0.4) is 0 Å². The lowest BCUT2D eigenvalue weighted by Gasteiger charge is -2.15. The molecule has 0 atom stereocenters. The fourth-order valence-electron chi connectivity index (χ4n) is 2.73. The first kappa shape index (κ1) is 18.3. The van der Waals surface area contributed by atoms with Gasteiger partial charge in [0.05, 0.1) is 18.1 Å². The molecule has 0 aliphatic carbocycles. The molecular weight excluding hydrogens is 368 g/mol. The van der Waals surface area contributed by atoms with Crippen LogP contribution in [0, 0.1) is 0 Å². The molecule has 1 aromatic carbocycles. The van der Waals surface area contributed by atoms with Crippen molar-refractivity contribution in [3.63, 3.8) is 0 Å². The molecule has 8 nitrogen and oxygen atoms in total. The van der Waals surface area contributed by atoms with Crippen molar-refractivity contribution in [2.45, 2.75) is 0 Å². The van der Waals surface area contributed by atoms with Gasteiger partial charge >= 0.3 is 0 Å². The summed E-state index contributed by atoms with van der Waals surface area (Å²) in [5.41, 5.74) is 3.93. The molecule has 3 aromatic heterocycles. The predicted octanol–water partition coefficient (Wildman–Crippen LogP) is 3.08. The van der Waals surface area contributed by atoms with Crippen molar-refractivity contribution in [3.8, 4) is 34.3 Å². The minimum atomic E-state index is -0.304. The van der Waals surface area contributed by atoms with Gasteiger partial charge in [-0.05, 0) is 17.7 Å². The minimum Gasteiger partial charge on any atom is -0.414 e. The third-order valence-electron chi connectivity index (χ3n) is 4.38. The number of aromatic amines is 1. The molecule has 144 valence electrons. The molecule has 0 amide bonds. The Morgan fingerprint density at radius 3 is 2.48 bits per heavy atom. The second-order valence-electron chi connectivity index (χ2n) is 6.53. The maximum absolute atomic E-state index is 11.9. The molecule has 0 radical (unpaired) electrons. The fraction of sp³-hybridized carbons (Fsp3) is 0.0952. The predicted molar refractivity (Wildman–Crippen MR) is 110 cm³/mol. The van der Waals surface area contributed by atoms with E-state index in [-0.39, 0.29) is 17.3 Å². The zero-order chi connectivity index (χ0) is 20.4. The lowest BCUT2D eigenvalue weighted by Crippen LogP contribution is -2.08. The number of hydrogen-bond acceptors (Lipinski definition) is 7. The van der Waals surface area contributed by atoms with Crippen LogP contribution in [0.5, 0.6) is 0 Å². The van der Waals surface area contributed by atoms with Crippen molar-refractivity contribution in [2.75, 3.05) is 14.1 Å². The van der Waals surface area contributed by atoms with Crippen LogP contribution in [0.1, 0.15) is 5.56 Å². The fourth-order valence-corrected chi connectivity index (χ4v) is 2.73. The number of pyridine rings is 1. The third kappa shape index (κ3) is 3.68. The van der Waals surface area contributed by atoms with E-state index in [1.807, 2.05) is 43.3 Å². The van der Waals surface area contributed by atoms with E-state index in [9.17, 15) is 4.79 Å². The van der Waals surface area contributed by atoms with E-state index >= 15 is 0 Å². The van der Waals surface area contributed by atoms with Gasteiger partial charge in [-0.3, -0.25) is 9.78 Å². The van der Waals surface area contributed by atoms with Gasteiger partial charge in [0, 0.05) is 31.6 Å². The summed E-state index contributed by atoms with van der Waals surface area (Å²) in [5, 5.41) is 7.96. The van der Waals surface area contributed by atoms with Gasteiger partial charge in [-0.15, -0.1) is 10.2 Å². The summed E-state index contributed by atoms with van der Waals surface area (Å²) in [5.74, 6) is 0.316. The average molecular weight is 386 g/mol. The van der Waals surface area contributed by atoms with Crippen LogP contribution < -0.4 is 5.56 Å². The van der Waals surface area contributed by atoms with Gasteiger partial charge in [0.25, 0.3) is 17.3 Å². The van der Waals surface area contributed by atoms with Crippen LogP contribution in [0.25, 0.3) is 40.0 Å². The summed E-state index contributed by atoms with van der Waals surface area (Å²) >= 11 is 0. The van der Waals surface area contributed by atoms with Crippen LogP contribution in [0.15, 0.2) is 70.8 Å². The van der Waals surface area contributed by atoms with E-state index < -0.39 is 0 Å². The lowest BCUT2D eigenvalue weighted by molar-refractivity contribution is 0.581. The monoisotopic (exact) mass is 386 g/mol. The first-order valence-corrected chi connectivity index (χ1v) is 8.84. The number of H-pyrrole nitrogens is 1. The molecule has 0 bridgehead atoms. The molecule has 1 N–H and O–H groups in total. The topological polar surface area (TPSA) is 101 Å². The smallest absolute Gasteiger partial charge is 0.268 e. The Hall–Kier alpha value is -4.07. The number of nitrogens with one attached hydrogen (secondary N) is 1. The molecule has 4 aromatic rings. The van der Waals surface area contributed by atoms with Crippen LogP contribution in [-0.2, 0) is 0 Å². The maximum atomic E-state index is 11.9. The molecule has 0 saturated heterocycles. The molecule has 3 heterocycles. The first-order valence-electron chi connectivity index (χ1n) is 8.84. The highest BCUT2D eigenvalue weighted by Crippen LogP contribution is 2.24. The Morgan fingerprint density at radius 1 is 1.03 bits per heavy atom. The lowest BCUT2D eigenvalue weighted by atomic mass is 10.1. The second kappa shape index (κ2) is 7.51. The number of nitrogens with zero attached hydrogens (tertiary/aromatic N) is 5. The molecule has 0 aliphatic heterocycles. The molecule has 0 fully saturated rings. The Bertz CT molecular complexity index is 1220. The molecule has 0 unspecified atom stereocenters. The number of hydrogen-bond donors (Lipinski definition) is 1. The molecule has 8 heteroatoms. The highest BCUT2D eigenvalue weighted by Gasteiger charge is 2.15. The van der Waals surface area contributed by atoms with Crippen LogP contribution >= 0.6 is 0 Å². The van der Waals surface area contributed by atoms with Crippen molar-refractivity contribution < 1.29 is 4.42 Å². The molecule has 4 rings (SSSR count). The highest BCUT2D eigenvalue weighted by atomic mass is 16.4. The van der Waals surface area contributed by atoms with Crippen molar-refractivity contribution in [1.82, 2.24) is 30.0 Å². The highest BCUT2D eigenvalue weighted by molar-refractivity contribution is 5.67. The van der Waals surface area contributed by atoms with Gasteiger partial charge in [-0.2, -0.15) is 0 Å². The summed E-state index contributed by atoms with van der Waals surface area (Å²) in [7, 11) is 3.90. The Morgan fingerprint density at radius 2 is 1.76 bits per heavy atom. The van der Waals surface area contributed by atoms with Gasteiger partial charge in [0.2, 0.25) is 0 Å². The van der Waals surface area contributed by atoms with Crippen molar-refractivity contribution in [1.29, 1.82) is 0 Å². The number of benzene rings is 1. The van der Waals surface area contributed by atoms with Crippen LogP contribution in [0.2, 0.25) is 0 Å². The summed E-state index contributed by atoms with van der Waals surface area (Å²) in [6.07, 6.45) is 4.74. The standard InChI is InChI=1S/C21H18N6O2/c1-13(27(2)3)14-6-8-15(9-7-14)17-11-22-12-18(24-17)21-26-25-20(29-21)16-5-4-10-23-19(16)28/h4-12H,1H2,2-3H3,(H,23,28). The van der Waals surface area contributed by atoms with E-state index in [0.29, 0.717) is 17.0 Å². The summed E-state index contributed by atoms with van der Waals surface area (Å²) in [6.45, 7) is 4.06. The molecule has 0 aliphatic rings. The van der Waals surface area contributed by atoms with E-state index in [0.717, 1.165) is 16.8 Å². The van der Waals surface area contributed by atoms with Gasteiger partial charge in [-0.1, -0.05) is 30.8 Å². The normalized spacial score (nSPS) is 10.7. The van der Waals surface area contributed by atoms with E-state index in [1.165, 1.54) is 12.4 Å². The van der Waals surface area contributed by atoms with Crippen LogP contribution in [-0.4, -0.2) is 44.1 Å². The summed E-state index contributed by atoms with van der Waals surface area (Å²) in [4.78, 5) is 25.3. The van der Waals surface area contributed by atoms with Gasteiger partial charge < -0.3 is 14.3 Å². The number of aromatic nitrogens is 5. The Kier molecular flexibility index (Phi) is 4.74. The zero-order valence-corrected chi connectivity index (χ0v) is 16.0. The average Bonchev–Trinajstić information content (AvgIpc) is 3.24. The second-order valence-corrected chi connectivity index (χ2v) is 6.53. The van der Waals surface area contributed by atoms with Gasteiger partial charge in [0.1, 0.15) is 11.3 Å². The van der Waals surface area contributed by atoms with Crippen molar-refractivity contribution >= 4 is 5.70 Å². The number of rotatable bonds is 5. The van der Waals surface area contributed by atoms with E-state index in [2.05, 4.69) is 31.7 Å². The van der Waals surface area contributed by atoms with Gasteiger partial charge in [0.15, 0.2) is 0 Å². The van der Waals surface area contributed by atoms with Crippen molar-refractivity contribution in [3.05, 3.63) is 77.5 Å². The first-order chi connectivity index (χ1) is 14.0. The van der Waals surface area contributed by atoms with E-state index in [4.69, 9.17) is 4.42 Å². The Balaban J connectivity index is 1.64. The van der Waals surface area contributed by atoms with Crippen molar-refractivity contribution in [2.24, 2.45) is 0 Å². The van der Waals surface area contributed by atoms with Gasteiger partial charge in [-0.25, -0.2) is 4.98 Å². The van der Waals surface area contributed by atoms with E-state index in [1.54, 1.807) is 18.3 Å². The summed E-state index contributed by atoms with van der Waals surface area (Å²) in [6, 6.07) is 11.2. The van der Waals surface area contributed by atoms with Crippen LogP contribution in [0.4, 0.5) is 0 Å². The zero-order valence-electron chi connectivity index (χ0n) is 16.0. The molecule has 29 heavy (non-hydrogen) atoms. The SMILES string of the molecule is C=C(c1ccc(-c2cncc(-c3nnc(-c4ccc[nH]c4=O)o3)n2)cc1)N(C)C. The molecule has 0 saturated carbocycles. The third-order valence-corrected chi connectivity index (χ3v) is 4.38. The molecule has 0 spiro atoms. The maximum Gasteiger partial charge on any atom is 0.268 e. The Labute approximate surface area is 166 Å². The summed E-state index contributed by atoms with van der Waals surface area (Å²) < 4.78 is 5.64. The largest absolute Gasteiger partial charge is 0.414 e. The molecular formula is C21H18N6O2.